The molecule has 1 aromatic carbocycles. The van der Waals surface area contributed by atoms with Gasteiger partial charge in [-0.25, -0.2) is 17.5 Å². The van der Waals surface area contributed by atoms with Gasteiger partial charge in [0, 0.05) is 24.3 Å². The normalized spacial score (nSPS) is 26.9. The van der Waals surface area contributed by atoms with Crippen LogP contribution in [0.1, 0.15) is 19.3 Å². The molecule has 7 heteroatoms. The number of sulfonamides is 1. The molecule has 3 rings (SSSR count). The summed E-state index contributed by atoms with van der Waals surface area (Å²) in [7, 11) is -3.72. The summed E-state index contributed by atoms with van der Waals surface area (Å²) in [6.45, 7) is 1.96. The van der Waals surface area contributed by atoms with Crippen molar-refractivity contribution in [2.24, 2.45) is 0 Å². The standard InChI is InChI=1S/C13H18FN3O2S/c14-9-6-10(15)8-11(7-9)20(18,19)16-12-3-5-17-4-1-2-13(12)17/h6-8,12-13,16H,1-5,15H2. The van der Waals surface area contributed by atoms with E-state index in [0.29, 0.717) is 0 Å². The van der Waals surface area contributed by atoms with Crippen LogP contribution < -0.4 is 10.5 Å². The van der Waals surface area contributed by atoms with Crippen molar-refractivity contribution in [1.82, 2.24) is 9.62 Å². The monoisotopic (exact) mass is 299 g/mol. The van der Waals surface area contributed by atoms with E-state index in [0.717, 1.165) is 44.5 Å². The fourth-order valence-electron chi connectivity index (χ4n) is 3.23. The Kier molecular flexibility index (Phi) is 3.43. The van der Waals surface area contributed by atoms with Crippen LogP contribution in [0.15, 0.2) is 23.1 Å². The van der Waals surface area contributed by atoms with E-state index in [1.165, 1.54) is 6.07 Å². The van der Waals surface area contributed by atoms with Crippen molar-refractivity contribution in [1.29, 1.82) is 0 Å². The highest BCUT2D eigenvalue weighted by Gasteiger charge is 2.39. The third-order valence-corrected chi connectivity index (χ3v) is 5.59. The number of halogens is 1. The lowest BCUT2D eigenvalue weighted by atomic mass is 10.1. The second kappa shape index (κ2) is 4.98. The summed E-state index contributed by atoms with van der Waals surface area (Å²) in [5.41, 5.74) is 5.62. The maximum Gasteiger partial charge on any atom is 0.241 e. The molecule has 2 fully saturated rings. The molecule has 0 amide bonds. The summed E-state index contributed by atoms with van der Waals surface area (Å²) in [5, 5.41) is 0. The summed E-state index contributed by atoms with van der Waals surface area (Å²) in [6, 6.07) is 3.57. The van der Waals surface area contributed by atoms with E-state index < -0.39 is 15.8 Å². The highest BCUT2D eigenvalue weighted by Crippen LogP contribution is 2.29. The first-order valence-electron chi connectivity index (χ1n) is 6.78. The lowest BCUT2D eigenvalue weighted by Gasteiger charge is -2.21. The van der Waals surface area contributed by atoms with E-state index in [2.05, 4.69) is 9.62 Å². The Balaban J connectivity index is 1.82. The van der Waals surface area contributed by atoms with Crippen LogP contribution in [0.4, 0.5) is 10.1 Å². The van der Waals surface area contributed by atoms with Crippen LogP contribution in [0.5, 0.6) is 0 Å². The number of nitrogens with one attached hydrogen (secondary N) is 1. The van der Waals surface area contributed by atoms with Crippen molar-refractivity contribution in [3.63, 3.8) is 0 Å². The van der Waals surface area contributed by atoms with Crippen LogP contribution in [0.2, 0.25) is 0 Å². The summed E-state index contributed by atoms with van der Waals surface area (Å²) in [5.74, 6) is -0.640. The van der Waals surface area contributed by atoms with Gasteiger partial charge >= 0.3 is 0 Å². The third-order valence-electron chi connectivity index (χ3n) is 4.12. The molecule has 0 aromatic heterocycles. The first-order chi connectivity index (χ1) is 9.45. The summed E-state index contributed by atoms with van der Waals surface area (Å²) >= 11 is 0. The SMILES string of the molecule is Nc1cc(F)cc(S(=O)(=O)NC2CCN3CCCC23)c1. The highest BCUT2D eigenvalue weighted by molar-refractivity contribution is 7.89. The molecule has 0 aliphatic carbocycles. The summed E-state index contributed by atoms with van der Waals surface area (Å²) in [6.07, 6.45) is 2.92. The molecule has 5 nitrogen and oxygen atoms in total. The van der Waals surface area contributed by atoms with Crippen molar-refractivity contribution < 1.29 is 12.8 Å². The molecule has 3 N–H and O–H groups in total. The van der Waals surface area contributed by atoms with E-state index >= 15 is 0 Å². The van der Waals surface area contributed by atoms with Crippen LogP contribution in [0.25, 0.3) is 0 Å². The molecule has 0 saturated carbocycles. The second-order valence-corrected chi connectivity index (χ2v) is 7.20. The number of nitrogen functional groups attached to an aromatic ring is 1. The van der Waals surface area contributed by atoms with Gasteiger partial charge in [0.25, 0.3) is 0 Å². The van der Waals surface area contributed by atoms with Gasteiger partial charge in [-0.3, -0.25) is 4.90 Å². The molecule has 1 aromatic rings. The maximum atomic E-state index is 13.3. The molecule has 2 aliphatic rings. The van der Waals surface area contributed by atoms with Crippen molar-refractivity contribution in [2.45, 2.75) is 36.2 Å². The minimum Gasteiger partial charge on any atom is -0.399 e. The molecular formula is C13H18FN3O2S. The average Bonchev–Trinajstić information content (AvgIpc) is 2.93. The number of hydrogen-bond donors (Lipinski definition) is 2. The first kappa shape index (κ1) is 13.8. The van der Waals surface area contributed by atoms with Crippen molar-refractivity contribution in [3.05, 3.63) is 24.0 Å². The zero-order chi connectivity index (χ0) is 14.3. The number of nitrogens with zero attached hydrogens (tertiary/aromatic N) is 1. The molecule has 0 spiro atoms. The van der Waals surface area contributed by atoms with Gasteiger partial charge in [-0.2, -0.15) is 0 Å². The largest absolute Gasteiger partial charge is 0.399 e. The van der Waals surface area contributed by atoms with Crippen molar-refractivity contribution >= 4 is 15.7 Å². The van der Waals surface area contributed by atoms with E-state index in [1.807, 2.05) is 0 Å². The third kappa shape index (κ3) is 2.53. The predicted molar refractivity (Wildman–Crippen MR) is 74.1 cm³/mol. The Hall–Kier alpha value is -1.18. The molecule has 2 heterocycles. The molecule has 0 bridgehead atoms. The lowest BCUT2D eigenvalue weighted by molar-refractivity contribution is 0.309. The number of hydrogen-bond acceptors (Lipinski definition) is 4. The summed E-state index contributed by atoms with van der Waals surface area (Å²) < 4.78 is 40.7. The Bertz CT molecular complexity index is 600. The van der Waals surface area contributed by atoms with E-state index in [1.54, 1.807) is 0 Å². The Morgan fingerprint density at radius 3 is 2.80 bits per heavy atom. The van der Waals surface area contributed by atoms with E-state index in [4.69, 9.17) is 5.73 Å². The smallest absolute Gasteiger partial charge is 0.241 e. The fourth-order valence-corrected chi connectivity index (χ4v) is 4.60. The van der Waals surface area contributed by atoms with E-state index in [-0.39, 0.29) is 22.7 Å². The Morgan fingerprint density at radius 2 is 2.05 bits per heavy atom. The molecular weight excluding hydrogens is 281 g/mol. The molecule has 0 radical (unpaired) electrons. The van der Waals surface area contributed by atoms with Crippen molar-refractivity contribution in [3.8, 4) is 0 Å². The molecule has 2 saturated heterocycles. The number of nitrogens with two attached hydrogens (primary N) is 1. The van der Waals surface area contributed by atoms with Gasteiger partial charge in [0.15, 0.2) is 0 Å². The molecule has 110 valence electrons. The van der Waals surface area contributed by atoms with Crippen LogP contribution in [0.3, 0.4) is 0 Å². The molecule has 2 atom stereocenters. The first-order valence-corrected chi connectivity index (χ1v) is 8.26. The van der Waals surface area contributed by atoms with Crippen molar-refractivity contribution in [2.75, 3.05) is 18.8 Å². The second-order valence-electron chi connectivity index (χ2n) is 5.48. The summed E-state index contributed by atoms with van der Waals surface area (Å²) in [4.78, 5) is 2.21. The van der Waals surface area contributed by atoms with Gasteiger partial charge in [-0.05, 0) is 44.0 Å². The van der Waals surface area contributed by atoms with E-state index in [9.17, 15) is 12.8 Å². The minimum absolute atomic E-state index is 0.0907. The van der Waals surface area contributed by atoms with Gasteiger partial charge in [-0.1, -0.05) is 0 Å². The molecule has 20 heavy (non-hydrogen) atoms. The zero-order valence-electron chi connectivity index (χ0n) is 11.0. The quantitative estimate of drug-likeness (QED) is 0.814. The van der Waals surface area contributed by atoms with Gasteiger partial charge in [-0.15, -0.1) is 0 Å². The number of benzene rings is 1. The van der Waals surface area contributed by atoms with Gasteiger partial charge in [0.1, 0.15) is 5.82 Å². The highest BCUT2D eigenvalue weighted by atomic mass is 32.2. The average molecular weight is 299 g/mol. The van der Waals surface area contributed by atoms with Gasteiger partial charge < -0.3 is 5.73 Å². The van der Waals surface area contributed by atoms with Crippen LogP contribution in [0, 0.1) is 5.82 Å². The van der Waals surface area contributed by atoms with Gasteiger partial charge in [0.2, 0.25) is 10.0 Å². The molecule has 2 unspecified atom stereocenters. The molecule has 2 aliphatic heterocycles. The fraction of sp³-hybridized carbons (Fsp3) is 0.538. The lowest BCUT2D eigenvalue weighted by Crippen LogP contribution is -2.42. The number of rotatable bonds is 3. The number of fused-ring (bicyclic) bond motifs is 1. The van der Waals surface area contributed by atoms with Gasteiger partial charge in [0.05, 0.1) is 4.90 Å². The van der Waals surface area contributed by atoms with Crippen LogP contribution in [-0.4, -0.2) is 38.5 Å². The maximum absolute atomic E-state index is 13.3. The predicted octanol–water partition coefficient (Wildman–Crippen LogP) is 0.923. The Labute approximate surface area is 118 Å². The number of anilines is 1. The zero-order valence-corrected chi connectivity index (χ0v) is 11.9. The minimum atomic E-state index is -3.72. The topological polar surface area (TPSA) is 75.4 Å². The van der Waals surface area contributed by atoms with Crippen LogP contribution >= 0.6 is 0 Å². The van der Waals surface area contributed by atoms with Crippen LogP contribution in [-0.2, 0) is 10.0 Å². The Morgan fingerprint density at radius 1 is 1.25 bits per heavy atom.